The van der Waals surface area contributed by atoms with Crippen LogP contribution in [0.4, 0.5) is 0 Å². The number of amides is 1. The maximum atomic E-state index is 12.0. The molecule has 1 aromatic rings. The first kappa shape index (κ1) is 16.2. The molecule has 2 rings (SSSR count). The molecule has 1 aliphatic rings. The molecule has 0 aromatic heterocycles. The summed E-state index contributed by atoms with van der Waals surface area (Å²) in [6, 6.07) is 8.05. The van der Waals surface area contributed by atoms with Gasteiger partial charge in [-0.25, -0.2) is 0 Å². The van der Waals surface area contributed by atoms with E-state index in [1.807, 2.05) is 30.9 Å². The Morgan fingerprint density at radius 1 is 1.24 bits per heavy atom. The van der Waals surface area contributed by atoms with Crippen LogP contribution in [0, 0.1) is 0 Å². The number of hydrogen-bond acceptors (Lipinski definition) is 4. The first-order valence-electron chi connectivity index (χ1n) is 7.47. The average molecular weight is 309 g/mol. The highest BCUT2D eigenvalue weighted by atomic mass is 32.2. The molecule has 5 heteroatoms. The zero-order valence-corrected chi connectivity index (χ0v) is 13.5. The van der Waals surface area contributed by atoms with Crippen molar-refractivity contribution < 1.29 is 14.3 Å². The molecule has 1 atom stereocenters. The van der Waals surface area contributed by atoms with Gasteiger partial charge in [-0.2, -0.15) is 0 Å². The van der Waals surface area contributed by atoms with Gasteiger partial charge in [-0.15, -0.1) is 11.8 Å². The lowest BCUT2D eigenvalue weighted by Gasteiger charge is -2.24. The fraction of sp³-hybridized carbons (Fsp3) is 0.562. The van der Waals surface area contributed by atoms with Crippen molar-refractivity contribution in [3.63, 3.8) is 0 Å². The van der Waals surface area contributed by atoms with Crippen molar-refractivity contribution in [2.24, 2.45) is 0 Å². The fourth-order valence-corrected chi connectivity index (χ4v) is 3.57. The van der Waals surface area contributed by atoms with Gasteiger partial charge in [0.15, 0.2) is 0 Å². The Morgan fingerprint density at radius 3 is 2.67 bits per heavy atom. The molecule has 1 heterocycles. The van der Waals surface area contributed by atoms with Crippen molar-refractivity contribution in [2.45, 2.75) is 25.6 Å². The molecule has 1 amide bonds. The molecule has 0 bridgehead atoms. The SMILES string of the molecule is CCOCCCN1C(=O)CSC1c1ccc(OCC)cc1. The van der Waals surface area contributed by atoms with Crippen LogP contribution in [-0.4, -0.2) is 42.9 Å². The van der Waals surface area contributed by atoms with E-state index in [1.165, 1.54) is 0 Å². The van der Waals surface area contributed by atoms with Gasteiger partial charge in [-0.3, -0.25) is 4.79 Å². The van der Waals surface area contributed by atoms with Crippen molar-refractivity contribution in [3.8, 4) is 5.75 Å². The van der Waals surface area contributed by atoms with Crippen LogP contribution in [0.1, 0.15) is 31.2 Å². The summed E-state index contributed by atoms with van der Waals surface area (Å²) < 4.78 is 10.8. The molecular formula is C16H23NO3S. The van der Waals surface area contributed by atoms with Crippen LogP contribution >= 0.6 is 11.8 Å². The second-order valence-electron chi connectivity index (χ2n) is 4.80. The second-order valence-corrected chi connectivity index (χ2v) is 5.87. The predicted molar refractivity (Wildman–Crippen MR) is 85.6 cm³/mol. The van der Waals surface area contributed by atoms with Gasteiger partial charge in [0.05, 0.1) is 12.4 Å². The number of thioether (sulfide) groups is 1. The Morgan fingerprint density at radius 2 is 2.00 bits per heavy atom. The quantitative estimate of drug-likeness (QED) is 0.692. The lowest BCUT2D eigenvalue weighted by Crippen LogP contribution is -2.29. The second kappa shape index (κ2) is 8.29. The van der Waals surface area contributed by atoms with E-state index in [1.54, 1.807) is 11.8 Å². The first-order valence-corrected chi connectivity index (χ1v) is 8.52. The van der Waals surface area contributed by atoms with Crippen LogP contribution in [0.3, 0.4) is 0 Å². The predicted octanol–water partition coefficient (Wildman–Crippen LogP) is 3.09. The van der Waals surface area contributed by atoms with Gasteiger partial charge in [0.2, 0.25) is 5.91 Å². The molecule has 1 aromatic carbocycles. The number of ether oxygens (including phenoxy) is 2. The summed E-state index contributed by atoms with van der Waals surface area (Å²) in [6.07, 6.45) is 0.883. The van der Waals surface area contributed by atoms with E-state index in [4.69, 9.17) is 9.47 Å². The molecule has 0 saturated carbocycles. The number of nitrogens with zero attached hydrogens (tertiary/aromatic N) is 1. The van der Waals surface area contributed by atoms with Gasteiger partial charge in [-0.1, -0.05) is 12.1 Å². The third-order valence-corrected chi connectivity index (χ3v) is 4.59. The zero-order chi connectivity index (χ0) is 15.1. The van der Waals surface area contributed by atoms with E-state index in [9.17, 15) is 4.79 Å². The number of carbonyl (C=O) groups is 1. The molecule has 1 aliphatic heterocycles. The minimum Gasteiger partial charge on any atom is -0.494 e. The van der Waals surface area contributed by atoms with E-state index in [2.05, 4.69) is 12.1 Å². The summed E-state index contributed by atoms with van der Waals surface area (Å²) in [4.78, 5) is 14.0. The first-order chi connectivity index (χ1) is 10.3. The zero-order valence-electron chi connectivity index (χ0n) is 12.7. The Balaban J connectivity index is 1.97. The minimum atomic E-state index is 0.120. The number of hydrogen-bond donors (Lipinski definition) is 0. The standard InChI is InChI=1S/C16H23NO3S/c1-3-19-11-5-10-17-15(18)12-21-16(17)13-6-8-14(9-7-13)20-4-2/h6-9,16H,3-5,10-12H2,1-2H3. The Labute approximate surface area is 130 Å². The minimum absolute atomic E-state index is 0.120. The molecule has 116 valence electrons. The Kier molecular flexibility index (Phi) is 6.39. The lowest BCUT2D eigenvalue weighted by atomic mass is 10.2. The normalized spacial score (nSPS) is 18.3. The van der Waals surface area contributed by atoms with Crippen LogP contribution in [0.2, 0.25) is 0 Å². The van der Waals surface area contributed by atoms with Crippen molar-refractivity contribution >= 4 is 17.7 Å². The van der Waals surface area contributed by atoms with E-state index < -0.39 is 0 Å². The highest BCUT2D eigenvalue weighted by molar-refractivity contribution is 8.00. The van der Waals surface area contributed by atoms with E-state index >= 15 is 0 Å². The average Bonchev–Trinajstić information content (AvgIpc) is 2.86. The summed E-state index contributed by atoms with van der Waals surface area (Å²) in [7, 11) is 0. The number of rotatable bonds is 8. The lowest BCUT2D eigenvalue weighted by molar-refractivity contribution is -0.128. The van der Waals surface area contributed by atoms with Crippen LogP contribution < -0.4 is 4.74 Å². The monoisotopic (exact) mass is 309 g/mol. The molecule has 0 radical (unpaired) electrons. The smallest absolute Gasteiger partial charge is 0.233 e. The molecule has 4 nitrogen and oxygen atoms in total. The summed E-state index contributed by atoms with van der Waals surface area (Å²) in [5.74, 6) is 1.65. The summed E-state index contributed by atoms with van der Waals surface area (Å²) >= 11 is 1.69. The molecule has 0 spiro atoms. The fourth-order valence-electron chi connectivity index (χ4n) is 2.35. The van der Waals surface area contributed by atoms with Crippen molar-refractivity contribution in [1.29, 1.82) is 0 Å². The summed E-state index contributed by atoms with van der Waals surface area (Å²) in [5, 5.41) is 0.120. The third-order valence-electron chi connectivity index (χ3n) is 3.34. The molecule has 1 fully saturated rings. The van der Waals surface area contributed by atoms with E-state index in [0.29, 0.717) is 19.0 Å². The van der Waals surface area contributed by atoms with Crippen LogP contribution in [0.5, 0.6) is 5.75 Å². The van der Waals surface area contributed by atoms with Gasteiger partial charge < -0.3 is 14.4 Å². The van der Waals surface area contributed by atoms with Gasteiger partial charge in [0.25, 0.3) is 0 Å². The van der Waals surface area contributed by atoms with Crippen molar-refractivity contribution in [3.05, 3.63) is 29.8 Å². The number of benzene rings is 1. The number of carbonyl (C=O) groups excluding carboxylic acids is 1. The largest absolute Gasteiger partial charge is 0.494 e. The van der Waals surface area contributed by atoms with E-state index in [-0.39, 0.29) is 11.3 Å². The van der Waals surface area contributed by atoms with E-state index in [0.717, 1.165) is 30.9 Å². The van der Waals surface area contributed by atoms with Crippen molar-refractivity contribution in [2.75, 3.05) is 32.1 Å². The Hall–Kier alpha value is -1.20. The maximum absolute atomic E-state index is 12.0. The molecule has 0 N–H and O–H groups in total. The third kappa shape index (κ3) is 4.38. The van der Waals surface area contributed by atoms with Gasteiger partial charge in [0.1, 0.15) is 11.1 Å². The Bertz CT molecular complexity index is 449. The van der Waals surface area contributed by atoms with Gasteiger partial charge >= 0.3 is 0 Å². The van der Waals surface area contributed by atoms with Gasteiger partial charge in [-0.05, 0) is 38.0 Å². The summed E-state index contributed by atoms with van der Waals surface area (Å²) in [6.45, 7) is 6.81. The molecule has 21 heavy (non-hydrogen) atoms. The summed E-state index contributed by atoms with van der Waals surface area (Å²) in [5.41, 5.74) is 1.16. The van der Waals surface area contributed by atoms with Crippen molar-refractivity contribution in [1.82, 2.24) is 4.90 Å². The molecule has 1 unspecified atom stereocenters. The van der Waals surface area contributed by atoms with Crippen LogP contribution in [0.25, 0.3) is 0 Å². The topological polar surface area (TPSA) is 38.8 Å². The van der Waals surface area contributed by atoms with Crippen LogP contribution in [0.15, 0.2) is 24.3 Å². The maximum Gasteiger partial charge on any atom is 0.233 e. The molecular weight excluding hydrogens is 286 g/mol. The van der Waals surface area contributed by atoms with Gasteiger partial charge in [0, 0.05) is 19.8 Å². The highest BCUT2D eigenvalue weighted by Gasteiger charge is 2.32. The molecule has 1 saturated heterocycles. The highest BCUT2D eigenvalue weighted by Crippen LogP contribution is 2.39. The molecule has 0 aliphatic carbocycles. The van der Waals surface area contributed by atoms with Crippen LogP contribution in [-0.2, 0) is 9.53 Å².